The first-order chi connectivity index (χ1) is 9.94. The molecule has 1 aliphatic carbocycles. The number of sulfonamides is 1. The molecule has 0 atom stereocenters. The fraction of sp³-hybridized carbons (Fsp3) is 1.00. The lowest BCUT2D eigenvalue weighted by molar-refractivity contribution is 0.161. The summed E-state index contributed by atoms with van der Waals surface area (Å²) in [4.78, 5) is 4.41. The van der Waals surface area contributed by atoms with Crippen molar-refractivity contribution in [1.29, 1.82) is 0 Å². The van der Waals surface area contributed by atoms with E-state index >= 15 is 0 Å². The van der Waals surface area contributed by atoms with E-state index in [9.17, 15) is 8.42 Å². The average molecular weight is 318 g/mol. The molecule has 1 saturated heterocycles. The highest BCUT2D eigenvalue weighted by molar-refractivity contribution is 7.89. The second kappa shape index (κ2) is 7.37. The zero-order chi connectivity index (χ0) is 15.3. The summed E-state index contributed by atoms with van der Waals surface area (Å²) < 4.78 is 27.3. The summed E-state index contributed by atoms with van der Waals surface area (Å²) in [7, 11) is 0.933. The lowest BCUT2D eigenvalue weighted by Gasteiger charge is -2.36. The molecule has 7 heteroatoms. The van der Waals surface area contributed by atoms with E-state index in [-0.39, 0.29) is 11.3 Å². The number of nitrogens with zero attached hydrogens (tertiary/aromatic N) is 2. The van der Waals surface area contributed by atoms with Gasteiger partial charge in [-0.2, -0.15) is 0 Å². The van der Waals surface area contributed by atoms with Crippen LogP contribution in [0.1, 0.15) is 25.7 Å². The van der Waals surface area contributed by atoms with E-state index < -0.39 is 10.0 Å². The topological polar surface area (TPSA) is 64.7 Å². The van der Waals surface area contributed by atoms with Gasteiger partial charge in [-0.05, 0) is 26.9 Å². The number of hydrogen-bond donors (Lipinski definition) is 2. The summed E-state index contributed by atoms with van der Waals surface area (Å²) in [6.07, 6.45) is 4.56. The molecule has 6 nitrogen and oxygen atoms in total. The molecular weight excluding hydrogens is 288 g/mol. The third-order valence-electron chi connectivity index (χ3n) is 4.99. The van der Waals surface area contributed by atoms with Gasteiger partial charge in [0, 0.05) is 44.8 Å². The highest BCUT2D eigenvalue weighted by Crippen LogP contribution is 2.33. The van der Waals surface area contributed by atoms with Crippen molar-refractivity contribution in [2.45, 2.75) is 31.2 Å². The van der Waals surface area contributed by atoms with Crippen molar-refractivity contribution in [3.8, 4) is 0 Å². The molecule has 21 heavy (non-hydrogen) atoms. The van der Waals surface area contributed by atoms with Crippen LogP contribution in [0.5, 0.6) is 0 Å². The van der Waals surface area contributed by atoms with Crippen LogP contribution in [-0.2, 0) is 10.0 Å². The summed E-state index contributed by atoms with van der Waals surface area (Å²) in [5.41, 5.74) is 0.0160. The van der Waals surface area contributed by atoms with Crippen molar-refractivity contribution in [1.82, 2.24) is 19.8 Å². The summed E-state index contributed by atoms with van der Waals surface area (Å²) in [5, 5.41) is 3.28. The summed E-state index contributed by atoms with van der Waals surface area (Å²) in [5.74, 6) is 0.205. The molecule has 0 radical (unpaired) electrons. The molecule has 2 fully saturated rings. The Labute approximate surface area is 129 Å². The Balaban J connectivity index is 1.80. The van der Waals surface area contributed by atoms with Crippen molar-refractivity contribution in [2.75, 3.05) is 59.1 Å². The molecule has 2 rings (SSSR count). The van der Waals surface area contributed by atoms with Crippen LogP contribution in [0.15, 0.2) is 0 Å². The van der Waals surface area contributed by atoms with Gasteiger partial charge in [-0.25, -0.2) is 13.1 Å². The first-order valence-electron chi connectivity index (χ1n) is 8.01. The molecule has 1 aliphatic heterocycles. The number of nitrogens with one attached hydrogen (secondary N) is 2. The summed E-state index contributed by atoms with van der Waals surface area (Å²) in [6, 6.07) is 0. The number of rotatable bonds is 7. The monoisotopic (exact) mass is 318 g/mol. The van der Waals surface area contributed by atoms with E-state index in [1.807, 2.05) is 0 Å². The molecule has 0 aromatic carbocycles. The van der Waals surface area contributed by atoms with Crippen molar-refractivity contribution in [3.63, 3.8) is 0 Å². The Bertz CT molecular complexity index is 413. The van der Waals surface area contributed by atoms with Gasteiger partial charge in [0.1, 0.15) is 0 Å². The molecule has 1 saturated carbocycles. The smallest absolute Gasteiger partial charge is 0.212 e. The van der Waals surface area contributed by atoms with Crippen LogP contribution in [0.4, 0.5) is 0 Å². The molecule has 0 unspecified atom stereocenters. The average Bonchev–Trinajstić information content (AvgIpc) is 2.95. The lowest BCUT2D eigenvalue weighted by Crippen LogP contribution is -2.52. The highest BCUT2D eigenvalue weighted by Gasteiger charge is 2.36. The van der Waals surface area contributed by atoms with Crippen molar-refractivity contribution in [3.05, 3.63) is 0 Å². The standard InChI is InChI=1S/C14H30N4O2S/c1-17(2)14(5-3-4-6-14)13-16-21(19,20)12-11-18-9-7-15-8-10-18/h15-16H,3-13H2,1-2H3. The first-order valence-corrected chi connectivity index (χ1v) is 9.67. The van der Waals surface area contributed by atoms with E-state index in [1.54, 1.807) is 0 Å². The third-order valence-corrected chi connectivity index (χ3v) is 6.29. The van der Waals surface area contributed by atoms with Crippen molar-refractivity contribution < 1.29 is 8.42 Å². The molecule has 2 N–H and O–H groups in total. The Morgan fingerprint density at radius 3 is 2.38 bits per heavy atom. The number of piperazine rings is 1. The Hall–Kier alpha value is -0.210. The second-order valence-corrected chi connectivity index (χ2v) is 8.48. The van der Waals surface area contributed by atoms with Gasteiger partial charge in [-0.3, -0.25) is 4.90 Å². The normalized spacial score (nSPS) is 23.8. The maximum Gasteiger partial charge on any atom is 0.212 e. The van der Waals surface area contributed by atoms with Gasteiger partial charge in [0.25, 0.3) is 0 Å². The van der Waals surface area contributed by atoms with E-state index in [1.165, 1.54) is 12.8 Å². The quantitative estimate of drug-likeness (QED) is 0.674. The predicted octanol–water partition coefficient (Wildman–Crippen LogP) is -0.315. The van der Waals surface area contributed by atoms with Crippen LogP contribution < -0.4 is 10.0 Å². The van der Waals surface area contributed by atoms with Gasteiger partial charge in [-0.1, -0.05) is 12.8 Å². The van der Waals surface area contributed by atoms with E-state index in [0.717, 1.165) is 39.0 Å². The summed E-state index contributed by atoms with van der Waals surface area (Å²) >= 11 is 0. The molecule has 124 valence electrons. The maximum atomic E-state index is 12.2. The minimum Gasteiger partial charge on any atom is -0.314 e. The van der Waals surface area contributed by atoms with Gasteiger partial charge >= 0.3 is 0 Å². The predicted molar refractivity (Wildman–Crippen MR) is 86.0 cm³/mol. The van der Waals surface area contributed by atoms with Crippen molar-refractivity contribution in [2.24, 2.45) is 0 Å². The maximum absolute atomic E-state index is 12.2. The fourth-order valence-corrected chi connectivity index (χ4v) is 4.45. The van der Waals surface area contributed by atoms with Crippen LogP contribution in [-0.4, -0.2) is 82.9 Å². The fourth-order valence-electron chi connectivity index (χ4n) is 3.32. The van der Waals surface area contributed by atoms with Crippen LogP contribution in [0.3, 0.4) is 0 Å². The summed E-state index contributed by atoms with van der Waals surface area (Å²) in [6.45, 7) is 4.97. The van der Waals surface area contributed by atoms with Crippen LogP contribution in [0.25, 0.3) is 0 Å². The molecule has 1 heterocycles. The zero-order valence-electron chi connectivity index (χ0n) is 13.4. The van der Waals surface area contributed by atoms with Gasteiger partial charge in [0.2, 0.25) is 10.0 Å². The largest absolute Gasteiger partial charge is 0.314 e. The molecule has 0 spiro atoms. The van der Waals surface area contributed by atoms with Gasteiger partial charge in [0.15, 0.2) is 0 Å². The Morgan fingerprint density at radius 1 is 1.19 bits per heavy atom. The SMILES string of the molecule is CN(C)C1(CNS(=O)(=O)CCN2CCNCC2)CCCC1. The molecule has 0 bridgehead atoms. The second-order valence-electron chi connectivity index (χ2n) is 6.56. The highest BCUT2D eigenvalue weighted by atomic mass is 32.2. The lowest BCUT2D eigenvalue weighted by atomic mass is 9.97. The number of hydrogen-bond acceptors (Lipinski definition) is 5. The van der Waals surface area contributed by atoms with Crippen LogP contribution >= 0.6 is 0 Å². The third kappa shape index (κ3) is 4.89. The van der Waals surface area contributed by atoms with Gasteiger partial charge in [0.05, 0.1) is 5.75 Å². The molecule has 2 aliphatic rings. The molecule has 0 amide bonds. The van der Waals surface area contributed by atoms with E-state index in [2.05, 4.69) is 33.9 Å². The van der Waals surface area contributed by atoms with Crippen LogP contribution in [0, 0.1) is 0 Å². The molecule has 0 aromatic rings. The Morgan fingerprint density at radius 2 is 1.81 bits per heavy atom. The van der Waals surface area contributed by atoms with Crippen LogP contribution in [0.2, 0.25) is 0 Å². The molecule has 0 aromatic heterocycles. The number of likely N-dealkylation sites (N-methyl/N-ethyl adjacent to an activating group) is 1. The van der Waals surface area contributed by atoms with Crippen molar-refractivity contribution >= 4 is 10.0 Å². The van der Waals surface area contributed by atoms with Gasteiger partial charge < -0.3 is 10.2 Å². The van der Waals surface area contributed by atoms with E-state index in [0.29, 0.717) is 13.1 Å². The Kier molecular flexibility index (Phi) is 6.02. The first kappa shape index (κ1) is 17.1. The van der Waals surface area contributed by atoms with Gasteiger partial charge in [-0.15, -0.1) is 0 Å². The zero-order valence-corrected chi connectivity index (χ0v) is 14.2. The molecular formula is C14H30N4O2S. The van der Waals surface area contributed by atoms with E-state index in [4.69, 9.17) is 0 Å². The minimum atomic E-state index is -3.18. The minimum absolute atomic E-state index is 0.0160.